The van der Waals surface area contributed by atoms with Crippen molar-refractivity contribution in [1.82, 2.24) is 0 Å². The Balaban J connectivity index is 2.18. The number of ether oxygens (including phenoxy) is 1. The first-order valence-corrected chi connectivity index (χ1v) is 7.13. The molecule has 1 aliphatic heterocycles. The minimum absolute atomic E-state index is 0.0497. The predicted molar refractivity (Wildman–Crippen MR) is 71.1 cm³/mol. The van der Waals surface area contributed by atoms with Gasteiger partial charge >= 0.3 is 11.9 Å². The predicted octanol–water partition coefficient (Wildman–Crippen LogP) is 0.330. The number of allylic oxidation sites excluding steroid dienone is 1. The number of carboxylic acids is 1. The van der Waals surface area contributed by atoms with Crippen LogP contribution in [0.5, 0.6) is 0 Å². The van der Waals surface area contributed by atoms with Gasteiger partial charge in [0.15, 0.2) is 5.60 Å². The molecular weight excluding hydrogens is 276 g/mol. The van der Waals surface area contributed by atoms with E-state index in [9.17, 15) is 24.9 Å². The van der Waals surface area contributed by atoms with Crippen molar-refractivity contribution in [2.24, 2.45) is 22.7 Å². The van der Waals surface area contributed by atoms with Crippen molar-refractivity contribution < 1.29 is 29.6 Å². The Hall–Kier alpha value is -1.40. The van der Waals surface area contributed by atoms with Gasteiger partial charge in [-0.25, -0.2) is 9.59 Å². The Bertz CT molecular complexity index is 550. The van der Waals surface area contributed by atoms with Crippen LogP contribution in [0.3, 0.4) is 0 Å². The van der Waals surface area contributed by atoms with Crippen molar-refractivity contribution >= 4 is 11.9 Å². The molecule has 4 atom stereocenters. The third-order valence-electron chi connectivity index (χ3n) is 5.55. The average Bonchev–Trinajstić information content (AvgIpc) is 2.82. The lowest BCUT2D eigenvalue weighted by Crippen LogP contribution is -2.65. The molecule has 116 valence electrons. The Kier molecular flexibility index (Phi) is 2.82. The van der Waals surface area contributed by atoms with Gasteiger partial charge in [-0.15, -0.1) is 0 Å². The van der Waals surface area contributed by atoms with Crippen molar-refractivity contribution in [3.63, 3.8) is 0 Å². The number of carbonyl (C=O) groups is 2. The molecule has 1 spiro atoms. The van der Waals surface area contributed by atoms with E-state index in [1.54, 1.807) is 6.08 Å². The smallest absolute Gasteiger partial charge is 0.341 e. The highest BCUT2D eigenvalue weighted by Crippen LogP contribution is 2.68. The van der Waals surface area contributed by atoms with Gasteiger partial charge in [0, 0.05) is 16.9 Å². The highest BCUT2D eigenvalue weighted by molar-refractivity contribution is 5.91. The molecule has 6 nitrogen and oxygen atoms in total. The van der Waals surface area contributed by atoms with E-state index in [2.05, 4.69) is 0 Å². The van der Waals surface area contributed by atoms with Gasteiger partial charge in [0.05, 0.1) is 13.2 Å². The number of aliphatic hydroxyl groups excluding tert-OH is 1. The fraction of sp³-hybridized carbons (Fsp3) is 0.733. The summed E-state index contributed by atoms with van der Waals surface area (Å²) < 4.78 is 5.00. The normalized spacial score (nSPS) is 43.8. The summed E-state index contributed by atoms with van der Waals surface area (Å²) in [5.74, 6) is -2.71. The molecular formula is C15H20O6. The molecule has 2 fully saturated rings. The van der Waals surface area contributed by atoms with E-state index in [0.29, 0.717) is 12.8 Å². The van der Waals surface area contributed by atoms with Crippen LogP contribution >= 0.6 is 0 Å². The second-order valence-corrected chi connectivity index (χ2v) is 7.29. The molecule has 3 rings (SSSR count). The van der Waals surface area contributed by atoms with Crippen LogP contribution in [0.2, 0.25) is 0 Å². The largest absolute Gasteiger partial charge is 0.478 e. The van der Waals surface area contributed by atoms with Gasteiger partial charge in [0.25, 0.3) is 0 Å². The Morgan fingerprint density at radius 2 is 2.14 bits per heavy atom. The van der Waals surface area contributed by atoms with Crippen LogP contribution in [0.25, 0.3) is 0 Å². The number of carbonyl (C=O) groups excluding carboxylic acids is 1. The van der Waals surface area contributed by atoms with Crippen molar-refractivity contribution in [2.45, 2.75) is 32.3 Å². The summed E-state index contributed by atoms with van der Waals surface area (Å²) >= 11 is 0. The Morgan fingerprint density at radius 3 is 2.71 bits per heavy atom. The minimum atomic E-state index is -2.04. The van der Waals surface area contributed by atoms with E-state index in [0.717, 1.165) is 0 Å². The molecule has 1 saturated carbocycles. The zero-order valence-corrected chi connectivity index (χ0v) is 12.1. The van der Waals surface area contributed by atoms with Gasteiger partial charge in [-0.05, 0) is 24.2 Å². The first kappa shape index (κ1) is 14.5. The van der Waals surface area contributed by atoms with Gasteiger partial charge in [-0.1, -0.05) is 19.9 Å². The average molecular weight is 296 g/mol. The Morgan fingerprint density at radius 1 is 1.48 bits per heavy atom. The number of cyclic esters (lactones) is 1. The second-order valence-electron chi connectivity index (χ2n) is 7.29. The van der Waals surface area contributed by atoms with Crippen LogP contribution < -0.4 is 0 Å². The summed E-state index contributed by atoms with van der Waals surface area (Å²) in [5.41, 5.74) is -2.96. The van der Waals surface area contributed by atoms with Crippen LogP contribution in [-0.2, 0) is 14.3 Å². The van der Waals surface area contributed by atoms with Crippen molar-refractivity contribution in [3.8, 4) is 0 Å². The van der Waals surface area contributed by atoms with Crippen LogP contribution in [-0.4, -0.2) is 46.1 Å². The van der Waals surface area contributed by atoms with E-state index in [4.69, 9.17) is 4.74 Å². The van der Waals surface area contributed by atoms with Crippen molar-refractivity contribution in [2.75, 3.05) is 13.2 Å². The molecule has 2 aliphatic carbocycles. The Labute approximate surface area is 122 Å². The first-order valence-electron chi connectivity index (χ1n) is 7.13. The minimum Gasteiger partial charge on any atom is -0.478 e. The van der Waals surface area contributed by atoms with Crippen LogP contribution in [0.15, 0.2) is 11.6 Å². The highest BCUT2D eigenvalue weighted by atomic mass is 16.6. The molecule has 0 aromatic rings. The SMILES string of the molecule is CC1(C)C[C@@H]2C=C(C(=O)O)[C@@H]3COC(=O)[C@](O)(CO)[C@]23C1. The molecule has 6 heteroatoms. The zero-order chi connectivity index (χ0) is 15.6. The number of hydrogen-bond acceptors (Lipinski definition) is 5. The molecule has 0 bridgehead atoms. The third kappa shape index (κ3) is 1.60. The topological polar surface area (TPSA) is 104 Å². The second kappa shape index (κ2) is 4.08. The summed E-state index contributed by atoms with van der Waals surface area (Å²) in [6.07, 6.45) is 2.81. The summed E-state index contributed by atoms with van der Waals surface area (Å²) in [5, 5.41) is 29.9. The van der Waals surface area contributed by atoms with Gasteiger partial charge in [-0.3, -0.25) is 0 Å². The van der Waals surface area contributed by atoms with E-state index < -0.39 is 35.5 Å². The molecule has 0 radical (unpaired) electrons. The molecule has 0 aromatic carbocycles. The lowest BCUT2D eigenvalue weighted by Gasteiger charge is -2.50. The first-order chi connectivity index (χ1) is 9.68. The van der Waals surface area contributed by atoms with Gasteiger partial charge < -0.3 is 20.1 Å². The molecule has 0 amide bonds. The number of hydrogen-bond donors (Lipinski definition) is 3. The maximum atomic E-state index is 12.1. The zero-order valence-electron chi connectivity index (χ0n) is 12.1. The lowest BCUT2D eigenvalue weighted by molar-refractivity contribution is -0.221. The van der Waals surface area contributed by atoms with E-state index in [1.165, 1.54) is 0 Å². The fourth-order valence-corrected chi connectivity index (χ4v) is 4.85. The number of rotatable bonds is 2. The molecule has 3 N–H and O–H groups in total. The fourth-order valence-electron chi connectivity index (χ4n) is 4.85. The standard InChI is InChI=1S/C15H20O6/c1-13(2)4-8-3-9(11(17)18)10-5-21-12(19)15(20,7-16)14(8,10)6-13/h3,8,10,16,20H,4-7H2,1-2H3,(H,17,18)/t8-,10-,14+,15+/m0/s1. The molecule has 0 unspecified atom stereocenters. The van der Waals surface area contributed by atoms with Crippen molar-refractivity contribution in [1.29, 1.82) is 0 Å². The summed E-state index contributed by atoms with van der Waals surface area (Å²) in [6, 6.07) is 0. The van der Waals surface area contributed by atoms with Crippen LogP contribution in [0.4, 0.5) is 0 Å². The van der Waals surface area contributed by atoms with Gasteiger partial charge in [-0.2, -0.15) is 0 Å². The van der Waals surface area contributed by atoms with E-state index in [-0.39, 0.29) is 23.5 Å². The third-order valence-corrected chi connectivity index (χ3v) is 5.55. The van der Waals surface area contributed by atoms with Crippen molar-refractivity contribution in [3.05, 3.63) is 11.6 Å². The lowest BCUT2D eigenvalue weighted by atomic mass is 9.58. The van der Waals surface area contributed by atoms with E-state index >= 15 is 0 Å². The highest BCUT2D eigenvalue weighted by Gasteiger charge is 2.73. The van der Waals surface area contributed by atoms with Gasteiger partial charge in [0.2, 0.25) is 0 Å². The molecule has 0 aromatic heterocycles. The maximum absolute atomic E-state index is 12.1. The molecule has 3 aliphatic rings. The van der Waals surface area contributed by atoms with Crippen LogP contribution in [0.1, 0.15) is 26.7 Å². The number of carboxylic acid groups (broad SMARTS) is 1. The van der Waals surface area contributed by atoms with Gasteiger partial charge in [0.1, 0.15) is 0 Å². The summed E-state index contributed by atoms with van der Waals surface area (Å²) in [6.45, 7) is 3.26. The van der Waals surface area contributed by atoms with E-state index in [1.807, 2.05) is 13.8 Å². The summed E-state index contributed by atoms with van der Waals surface area (Å²) in [4.78, 5) is 23.6. The molecule has 1 heterocycles. The molecule has 21 heavy (non-hydrogen) atoms. The monoisotopic (exact) mass is 296 g/mol. The number of esters is 1. The maximum Gasteiger partial charge on any atom is 0.341 e. The van der Waals surface area contributed by atoms with Crippen LogP contribution in [0, 0.1) is 22.7 Å². The number of aliphatic hydroxyl groups is 2. The number of aliphatic carboxylic acids is 1. The quantitative estimate of drug-likeness (QED) is 0.634. The summed E-state index contributed by atoms with van der Waals surface area (Å²) in [7, 11) is 0. The molecule has 1 saturated heterocycles.